The molecule has 0 saturated heterocycles. The van der Waals surface area contributed by atoms with Crippen molar-refractivity contribution >= 4 is 36.0 Å². The Hall–Kier alpha value is -2.31. The molecule has 0 bridgehead atoms. The van der Waals surface area contributed by atoms with Crippen molar-refractivity contribution in [1.82, 2.24) is 4.57 Å². The average Bonchev–Trinajstić information content (AvgIpc) is 3.22. The van der Waals surface area contributed by atoms with Crippen LogP contribution < -0.4 is 10.5 Å². The summed E-state index contributed by atoms with van der Waals surface area (Å²) in [6, 6.07) is 11.9. The first-order valence-electron chi connectivity index (χ1n) is 14.1. The fraction of sp³-hybridized carbons (Fsp3) is 0.500. The van der Waals surface area contributed by atoms with E-state index in [0.717, 1.165) is 59.8 Å². The maximum Gasteiger partial charge on any atom is 0.325 e. The minimum absolute atomic E-state index is 0.176. The summed E-state index contributed by atoms with van der Waals surface area (Å²) >= 11 is 6.16. The van der Waals surface area contributed by atoms with Gasteiger partial charge in [-0.15, -0.1) is 0 Å². The van der Waals surface area contributed by atoms with Crippen LogP contribution in [0.1, 0.15) is 86.6 Å². The molecule has 2 aromatic carbocycles. The second-order valence-corrected chi connectivity index (χ2v) is 12.8. The van der Waals surface area contributed by atoms with Crippen LogP contribution in [0.3, 0.4) is 0 Å². The zero-order valence-electron chi connectivity index (χ0n) is 22.7. The number of unbranched alkanes of at least 4 members (excludes halogenated alkanes) is 4. The first-order valence-corrected chi connectivity index (χ1v) is 16.2. The summed E-state index contributed by atoms with van der Waals surface area (Å²) in [5.74, 6) is -0.0939. The zero-order valence-corrected chi connectivity index (χ0v) is 24.4. The maximum atomic E-state index is 12.7. The van der Waals surface area contributed by atoms with E-state index in [4.69, 9.17) is 22.1 Å². The fourth-order valence-electron chi connectivity index (χ4n) is 5.80. The smallest absolute Gasteiger partial charge is 0.325 e. The molecule has 1 aliphatic rings. The van der Waals surface area contributed by atoms with E-state index >= 15 is 0 Å². The Morgan fingerprint density at radius 1 is 1.10 bits per heavy atom. The number of ether oxygens (including phenoxy) is 1. The van der Waals surface area contributed by atoms with E-state index in [1.54, 1.807) is 0 Å². The van der Waals surface area contributed by atoms with Gasteiger partial charge in [0.2, 0.25) is 5.91 Å². The molecule has 0 spiro atoms. The number of hydrogen-bond donors (Lipinski definition) is 3. The standard InChI is InChI=1S/C30H40ClN2O5P/c1-2-3-4-5-6-9-22-14-17-26(38-18-8-19-39(35,36)37)28-27-24(30(32)34)10-7-11-25(27)33(29(22)28)20-21-12-15-23(31)16-13-21/h12-17,24H,2-11,18-20H2,1H3,(H2,32,34)(H2,35,36,37). The number of halogens is 1. The van der Waals surface area contributed by atoms with Gasteiger partial charge in [0.1, 0.15) is 5.75 Å². The van der Waals surface area contributed by atoms with E-state index in [9.17, 15) is 19.1 Å². The number of aromatic nitrogens is 1. The third-order valence-electron chi connectivity index (χ3n) is 7.65. The molecular weight excluding hydrogens is 535 g/mol. The molecule has 39 heavy (non-hydrogen) atoms. The van der Waals surface area contributed by atoms with Gasteiger partial charge in [0.05, 0.1) is 24.2 Å². The number of benzene rings is 2. The van der Waals surface area contributed by atoms with E-state index in [1.807, 2.05) is 30.3 Å². The second-order valence-electron chi connectivity index (χ2n) is 10.6. The summed E-state index contributed by atoms with van der Waals surface area (Å²) in [4.78, 5) is 31.2. The van der Waals surface area contributed by atoms with E-state index in [-0.39, 0.29) is 25.1 Å². The van der Waals surface area contributed by atoms with Gasteiger partial charge in [-0.25, -0.2) is 0 Å². The summed E-state index contributed by atoms with van der Waals surface area (Å²) in [5.41, 5.74) is 11.4. The highest BCUT2D eigenvalue weighted by molar-refractivity contribution is 7.51. The lowest BCUT2D eigenvalue weighted by atomic mass is 9.84. The zero-order chi connectivity index (χ0) is 28.0. The summed E-state index contributed by atoms with van der Waals surface area (Å²) < 4.78 is 19.9. The summed E-state index contributed by atoms with van der Waals surface area (Å²) in [5, 5.41) is 1.61. The van der Waals surface area contributed by atoms with E-state index in [1.165, 1.54) is 24.8 Å². The van der Waals surface area contributed by atoms with Gasteiger partial charge in [0.15, 0.2) is 0 Å². The van der Waals surface area contributed by atoms with Crippen LogP contribution >= 0.6 is 19.2 Å². The van der Waals surface area contributed by atoms with Crippen molar-refractivity contribution in [2.24, 2.45) is 5.73 Å². The molecule has 4 rings (SSSR count). The number of aryl methyl sites for hydroxylation is 1. The van der Waals surface area contributed by atoms with E-state index in [2.05, 4.69) is 17.6 Å². The Kier molecular flexibility index (Phi) is 10.2. The average molecular weight is 575 g/mol. The van der Waals surface area contributed by atoms with E-state index in [0.29, 0.717) is 23.7 Å². The summed E-state index contributed by atoms with van der Waals surface area (Å²) in [7, 11) is -4.10. The molecule has 1 aromatic heterocycles. The van der Waals surface area contributed by atoms with Crippen LogP contribution in [0.15, 0.2) is 36.4 Å². The van der Waals surface area contributed by atoms with Gasteiger partial charge in [-0.3, -0.25) is 9.36 Å². The molecule has 4 N–H and O–H groups in total. The normalized spacial score (nSPS) is 15.4. The van der Waals surface area contributed by atoms with Crippen LogP contribution in [0, 0.1) is 0 Å². The van der Waals surface area contributed by atoms with Crippen LogP contribution in [-0.4, -0.2) is 33.0 Å². The van der Waals surface area contributed by atoms with Crippen molar-refractivity contribution in [3.63, 3.8) is 0 Å². The molecule has 0 aliphatic heterocycles. The largest absolute Gasteiger partial charge is 0.493 e. The topological polar surface area (TPSA) is 115 Å². The predicted molar refractivity (Wildman–Crippen MR) is 157 cm³/mol. The van der Waals surface area contributed by atoms with Crippen molar-refractivity contribution in [2.45, 2.75) is 83.6 Å². The van der Waals surface area contributed by atoms with Crippen LogP contribution in [0.2, 0.25) is 5.02 Å². The molecule has 212 valence electrons. The van der Waals surface area contributed by atoms with Crippen molar-refractivity contribution in [3.05, 3.63) is 63.8 Å². The number of carbonyl (C=O) groups excluding carboxylic acids is 1. The maximum absolute atomic E-state index is 12.7. The second kappa shape index (κ2) is 13.4. The van der Waals surface area contributed by atoms with Gasteiger partial charge in [-0.2, -0.15) is 0 Å². The lowest BCUT2D eigenvalue weighted by molar-refractivity contribution is -0.119. The van der Waals surface area contributed by atoms with Gasteiger partial charge in [0.25, 0.3) is 0 Å². The van der Waals surface area contributed by atoms with Crippen molar-refractivity contribution in [2.75, 3.05) is 12.8 Å². The Labute approximate surface area is 235 Å². The molecule has 0 radical (unpaired) electrons. The highest BCUT2D eigenvalue weighted by atomic mass is 35.5. The summed E-state index contributed by atoms with van der Waals surface area (Å²) in [6.07, 6.45) is 9.23. The lowest BCUT2D eigenvalue weighted by Gasteiger charge is -2.22. The minimum atomic E-state index is -4.10. The number of hydrogen-bond acceptors (Lipinski definition) is 3. The predicted octanol–water partition coefficient (Wildman–Crippen LogP) is 6.71. The first kappa shape index (κ1) is 29.7. The van der Waals surface area contributed by atoms with Crippen LogP contribution in [0.5, 0.6) is 5.75 Å². The van der Waals surface area contributed by atoms with Crippen LogP contribution in [0.25, 0.3) is 10.9 Å². The fourth-order valence-corrected chi connectivity index (χ4v) is 6.46. The number of carbonyl (C=O) groups is 1. The molecular formula is C30H40ClN2O5P. The third-order valence-corrected chi connectivity index (χ3v) is 8.80. The Bertz CT molecular complexity index is 1330. The molecule has 1 atom stereocenters. The van der Waals surface area contributed by atoms with Gasteiger partial charge in [-0.05, 0) is 73.4 Å². The number of nitrogens with two attached hydrogens (primary N) is 1. The Balaban J connectivity index is 1.82. The molecule has 1 heterocycles. The van der Waals surface area contributed by atoms with Crippen molar-refractivity contribution < 1.29 is 23.9 Å². The molecule has 3 aromatic rings. The molecule has 1 amide bonds. The SMILES string of the molecule is CCCCCCCc1ccc(OCCCP(=O)(O)O)c2c3c(n(Cc4ccc(Cl)cc4)c12)CCCC3C(N)=O. The third kappa shape index (κ3) is 7.46. The Morgan fingerprint density at radius 2 is 1.85 bits per heavy atom. The summed E-state index contributed by atoms with van der Waals surface area (Å²) in [6.45, 7) is 3.03. The van der Waals surface area contributed by atoms with Gasteiger partial charge in [-0.1, -0.05) is 62.4 Å². The molecule has 1 aliphatic carbocycles. The van der Waals surface area contributed by atoms with Crippen molar-refractivity contribution in [3.8, 4) is 5.75 Å². The van der Waals surface area contributed by atoms with Crippen LogP contribution in [-0.2, 0) is 28.7 Å². The molecule has 7 nitrogen and oxygen atoms in total. The highest BCUT2D eigenvalue weighted by Crippen LogP contribution is 2.45. The van der Waals surface area contributed by atoms with Crippen LogP contribution in [0.4, 0.5) is 0 Å². The van der Waals surface area contributed by atoms with Gasteiger partial charge in [0, 0.05) is 22.6 Å². The van der Waals surface area contributed by atoms with Gasteiger partial charge >= 0.3 is 7.60 Å². The number of rotatable bonds is 14. The number of amides is 1. The monoisotopic (exact) mass is 574 g/mol. The highest BCUT2D eigenvalue weighted by Gasteiger charge is 2.33. The quantitative estimate of drug-likeness (QED) is 0.146. The molecule has 0 fully saturated rings. The van der Waals surface area contributed by atoms with Crippen molar-refractivity contribution in [1.29, 1.82) is 0 Å². The number of nitrogens with zero attached hydrogens (tertiary/aromatic N) is 1. The number of primary amides is 1. The Morgan fingerprint density at radius 3 is 2.54 bits per heavy atom. The van der Waals surface area contributed by atoms with E-state index < -0.39 is 13.5 Å². The molecule has 9 heteroatoms. The van der Waals surface area contributed by atoms with Gasteiger partial charge < -0.3 is 24.8 Å². The molecule has 0 saturated carbocycles. The first-order chi connectivity index (χ1) is 18.7. The lowest BCUT2D eigenvalue weighted by Crippen LogP contribution is -2.25. The minimum Gasteiger partial charge on any atom is -0.493 e. The number of fused-ring (bicyclic) bond motifs is 3. The molecule has 1 unspecified atom stereocenters.